The smallest absolute Gasteiger partial charge is 0.0361 e. The summed E-state index contributed by atoms with van der Waals surface area (Å²) in [7, 11) is 0. The summed E-state index contributed by atoms with van der Waals surface area (Å²) in [6.45, 7) is 0. The van der Waals surface area contributed by atoms with E-state index in [9.17, 15) is 0 Å². The third kappa shape index (κ3) is 3.75. The van der Waals surface area contributed by atoms with Crippen molar-refractivity contribution in [3.8, 4) is 33.4 Å². The molecule has 0 saturated carbocycles. The van der Waals surface area contributed by atoms with Gasteiger partial charge in [-0.25, -0.2) is 0 Å². The van der Waals surface area contributed by atoms with E-state index in [1.165, 1.54) is 85.9 Å². The van der Waals surface area contributed by atoms with E-state index >= 15 is 0 Å². The molecule has 0 amide bonds. The van der Waals surface area contributed by atoms with Crippen LogP contribution >= 0.6 is 11.3 Å². The van der Waals surface area contributed by atoms with Gasteiger partial charge >= 0.3 is 0 Å². The molecule has 0 atom stereocenters. The first-order chi connectivity index (χ1) is 21.3. The highest BCUT2D eigenvalue weighted by Gasteiger charge is 2.18. The molecule has 0 nitrogen and oxygen atoms in total. The van der Waals surface area contributed by atoms with Gasteiger partial charge in [-0.05, 0) is 77.8 Å². The van der Waals surface area contributed by atoms with Crippen molar-refractivity contribution < 1.29 is 0 Å². The predicted octanol–water partition coefficient (Wildman–Crippen LogP) is 12.5. The monoisotopic (exact) mass is 562 g/mol. The summed E-state index contributed by atoms with van der Waals surface area (Å²) in [5, 5.41) is 10.4. The molecule has 43 heavy (non-hydrogen) atoms. The van der Waals surface area contributed by atoms with E-state index in [-0.39, 0.29) is 0 Å². The van der Waals surface area contributed by atoms with Crippen LogP contribution in [0, 0.1) is 0 Å². The number of hydrogen-bond donors (Lipinski definition) is 0. The second kappa shape index (κ2) is 9.66. The zero-order chi connectivity index (χ0) is 28.3. The fourth-order valence-electron chi connectivity index (χ4n) is 7.00. The van der Waals surface area contributed by atoms with Gasteiger partial charge in [-0.2, -0.15) is 0 Å². The number of fused-ring (bicyclic) bond motifs is 6. The zero-order valence-corrected chi connectivity index (χ0v) is 24.2. The first-order valence-electron chi connectivity index (χ1n) is 14.8. The van der Waals surface area contributed by atoms with Gasteiger partial charge < -0.3 is 0 Å². The first-order valence-corrected chi connectivity index (χ1v) is 15.6. The molecule has 0 spiro atoms. The summed E-state index contributed by atoms with van der Waals surface area (Å²) in [6, 6.07) is 57.9. The molecular formula is C42H26S. The summed E-state index contributed by atoms with van der Waals surface area (Å²) >= 11 is 1.87. The summed E-state index contributed by atoms with van der Waals surface area (Å²) in [5.74, 6) is 0. The maximum absolute atomic E-state index is 2.31. The van der Waals surface area contributed by atoms with Crippen molar-refractivity contribution >= 4 is 63.8 Å². The number of thiophene rings is 1. The van der Waals surface area contributed by atoms with E-state index in [2.05, 4.69) is 158 Å². The highest BCUT2D eigenvalue weighted by Crippen LogP contribution is 2.46. The van der Waals surface area contributed by atoms with E-state index in [1.807, 2.05) is 11.3 Å². The Hall–Kier alpha value is -5.24. The number of hydrogen-bond acceptors (Lipinski definition) is 1. The van der Waals surface area contributed by atoms with Gasteiger partial charge in [0.15, 0.2) is 0 Å². The Balaban J connectivity index is 1.28. The van der Waals surface area contributed by atoms with Gasteiger partial charge in [-0.3, -0.25) is 0 Å². The quantitative estimate of drug-likeness (QED) is 0.188. The van der Waals surface area contributed by atoms with E-state index in [0.29, 0.717) is 0 Å². The fraction of sp³-hybridized carbons (Fsp3) is 0. The van der Waals surface area contributed by atoms with Crippen molar-refractivity contribution in [3.05, 3.63) is 158 Å². The summed E-state index contributed by atoms with van der Waals surface area (Å²) in [4.78, 5) is 0. The van der Waals surface area contributed by atoms with Crippen molar-refractivity contribution in [1.29, 1.82) is 0 Å². The summed E-state index contributed by atoms with van der Waals surface area (Å²) in [5.41, 5.74) is 7.66. The van der Waals surface area contributed by atoms with Crippen molar-refractivity contribution in [2.24, 2.45) is 0 Å². The first kappa shape index (κ1) is 24.4. The molecule has 200 valence electrons. The van der Waals surface area contributed by atoms with Crippen LogP contribution in [-0.2, 0) is 0 Å². The fourth-order valence-corrected chi connectivity index (χ4v) is 8.14. The molecular weight excluding hydrogens is 537 g/mol. The van der Waals surface area contributed by atoms with Crippen LogP contribution in [0.1, 0.15) is 0 Å². The molecule has 0 unspecified atom stereocenters. The average molecular weight is 563 g/mol. The minimum Gasteiger partial charge on any atom is -0.135 e. The second-order valence-electron chi connectivity index (χ2n) is 11.2. The molecule has 1 heterocycles. The summed E-state index contributed by atoms with van der Waals surface area (Å²) < 4.78 is 2.68. The van der Waals surface area contributed by atoms with Crippen molar-refractivity contribution in [2.75, 3.05) is 0 Å². The van der Waals surface area contributed by atoms with Crippen LogP contribution in [0.5, 0.6) is 0 Å². The van der Waals surface area contributed by atoms with Crippen molar-refractivity contribution in [2.45, 2.75) is 0 Å². The Morgan fingerprint density at radius 2 is 0.791 bits per heavy atom. The van der Waals surface area contributed by atoms with Crippen LogP contribution in [0.25, 0.3) is 85.9 Å². The SMILES string of the molecule is c1ccc2c(-c3c4ccccc4c(-c4ccc(-c5cccc6sc7ccccc7c56)cc4)c4ccccc34)cccc2c1. The topological polar surface area (TPSA) is 0 Å². The predicted molar refractivity (Wildman–Crippen MR) is 188 cm³/mol. The molecule has 9 rings (SSSR count). The number of benzene rings is 8. The molecule has 1 aromatic heterocycles. The van der Waals surface area contributed by atoms with Crippen LogP contribution < -0.4 is 0 Å². The van der Waals surface area contributed by atoms with Gasteiger partial charge in [0.05, 0.1) is 0 Å². The van der Waals surface area contributed by atoms with Crippen molar-refractivity contribution in [1.82, 2.24) is 0 Å². The van der Waals surface area contributed by atoms with E-state index < -0.39 is 0 Å². The van der Waals surface area contributed by atoms with Gasteiger partial charge in [-0.15, -0.1) is 11.3 Å². The Morgan fingerprint density at radius 3 is 1.51 bits per heavy atom. The summed E-state index contributed by atoms with van der Waals surface area (Å²) in [6.07, 6.45) is 0. The normalized spacial score (nSPS) is 11.7. The average Bonchev–Trinajstić information content (AvgIpc) is 3.46. The molecule has 0 aliphatic carbocycles. The van der Waals surface area contributed by atoms with Gasteiger partial charge in [-0.1, -0.05) is 146 Å². The largest absolute Gasteiger partial charge is 0.135 e. The molecule has 0 radical (unpaired) electrons. The van der Waals surface area contributed by atoms with Crippen LogP contribution in [0.3, 0.4) is 0 Å². The molecule has 0 bridgehead atoms. The van der Waals surface area contributed by atoms with Crippen LogP contribution in [0.2, 0.25) is 0 Å². The maximum atomic E-state index is 2.31. The molecule has 9 aromatic rings. The van der Waals surface area contributed by atoms with Crippen LogP contribution in [0.4, 0.5) is 0 Å². The molecule has 0 fully saturated rings. The van der Waals surface area contributed by atoms with E-state index in [4.69, 9.17) is 0 Å². The molecule has 0 saturated heterocycles. The minimum absolute atomic E-state index is 1.24. The maximum Gasteiger partial charge on any atom is 0.0361 e. The molecule has 8 aromatic carbocycles. The lowest BCUT2D eigenvalue weighted by molar-refractivity contribution is 1.64. The van der Waals surface area contributed by atoms with Gasteiger partial charge in [0.1, 0.15) is 0 Å². The minimum atomic E-state index is 1.24. The highest BCUT2D eigenvalue weighted by molar-refractivity contribution is 7.25. The third-order valence-corrected chi connectivity index (χ3v) is 10.0. The Morgan fingerprint density at radius 1 is 0.302 bits per heavy atom. The Bertz CT molecular complexity index is 2430. The van der Waals surface area contributed by atoms with Gasteiger partial charge in [0, 0.05) is 20.2 Å². The lowest BCUT2D eigenvalue weighted by atomic mass is 9.84. The third-order valence-electron chi connectivity index (χ3n) is 8.88. The lowest BCUT2D eigenvalue weighted by Crippen LogP contribution is -1.91. The lowest BCUT2D eigenvalue weighted by Gasteiger charge is -2.19. The number of rotatable bonds is 3. The molecule has 0 aliphatic heterocycles. The van der Waals surface area contributed by atoms with E-state index in [0.717, 1.165) is 0 Å². The Kier molecular flexibility index (Phi) is 5.47. The molecule has 0 aliphatic rings. The van der Waals surface area contributed by atoms with Crippen LogP contribution in [0.15, 0.2) is 158 Å². The van der Waals surface area contributed by atoms with Gasteiger partial charge in [0.2, 0.25) is 0 Å². The highest BCUT2D eigenvalue weighted by atomic mass is 32.1. The standard InChI is InChI=1S/C42H26S/c1-2-13-30-27(11-1)12-9-20-32(30)41-35-16-5-3-14-33(35)40(34-15-4-6-17-36(34)41)29-25-23-28(24-26-29)31-19-10-22-39-42(31)37-18-7-8-21-38(37)43-39/h1-26H. The van der Waals surface area contributed by atoms with Gasteiger partial charge in [0.25, 0.3) is 0 Å². The van der Waals surface area contributed by atoms with Crippen molar-refractivity contribution in [3.63, 3.8) is 0 Å². The second-order valence-corrected chi connectivity index (χ2v) is 12.3. The zero-order valence-electron chi connectivity index (χ0n) is 23.4. The Labute approximate surface area is 254 Å². The van der Waals surface area contributed by atoms with Crippen LogP contribution in [-0.4, -0.2) is 0 Å². The van der Waals surface area contributed by atoms with E-state index in [1.54, 1.807) is 0 Å². The molecule has 1 heteroatoms. The molecule has 0 N–H and O–H groups in total.